The maximum Gasteiger partial charge on any atom is 0.0766 e. The highest BCUT2D eigenvalue weighted by atomic mass is 79.9. The average molecular weight is 330 g/mol. The predicted octanol–water partition coefficient (Wildman–Crippen LogP) is 3.85. The molecule has 1 rings (SSSR count). The van der Waals surface area contributed by atoms with Crippen molar-refractivity contribution in [2.24, 2.45) is 7.05 Å². The molecule has 1 atom stereocenters. The van der Waals surface area contributed by atoms with Crippen LogP contribution >= 0.6 is 15.9 Å². The van der Waals surface area contributed by atoms with Gasteiger partial charge in [-0.05, 0) is 35.3 Å². The number of hydrogen-bond acceptors (Lipinski definition) is 2. The van der Waals surface area contributed by atoms with Crippen molar-refractivity contribution in [1.29, 1.82) is 0 Å². The van der Waals surface area contributed by atoms with Crippen LogP contribution in [0.4, 0.5) is 0 Å². The molecular weight excluding hydrogens is 302 g/mol. The third-order valence-electron chi connectivity index (χ3n) is 3.59. The molecule has 1 aromatic heterocycles. The van der Waals surface area contributed by atoms with Crippen molar-refractivity contribution in [3.8, 4) is 0 Å². The molecule has 0 spiro atoms. The van der Waals surface area contributed by atoms with Gasteiger partial charge in [-0.25, -0.2) is 0 Å². The van der Waals surface area contributed by atoms with Crippen LogP contribution in [0, 0.1) is 0 Å². The summed E-state index contributed by atoms with van der Waals surface area (Å²) in [5.41, 5.74) is 2.49. The van der Waals surface area contributed by atoms with Gasteiger partial charge in [0.2, 0.25) is 0 Å². The van der Waals surface area contributed by atoms with Crippen molar-refractivity contribution in [2.75, 3.05) is 6.54 Å². The number of unbranched alkanes of at least 4 members (excludes halogenated alkanes) is 2. The molecule has 0 saturated heterocycles. The molecular formula is C15H28BrN3. The molecule has 0 amide bonds. The van der Waals surface area contributed by atoms with E-state index in [1.54, 1.807) is 0 Å². The lowest BCUT2D eigenvalue weighted by Gasteiger charge is -2.18. The fourth-order valence-electron chi connectivity index (χ4n) is 2.48. The van der Waals surface area contributed by atoms with Crippen LogP contribution in [0.3, 0.4) is 0 Å². The lowest BCUT2D eigenvalue weighted by molar-refractivity contribution is 0.456. The Balaban J connectivity index is 2.69. The molecule has 1 heterocycles. The van der Waals surface area contributed by atoms with E-state index in [9.17, 15) is 0 Å². The van der Waals surface area contributed by atoms with E-state index < -0.39 is 0 Å². The van der Waals surface area contributed by atoms with Gasteiger partial charge >= 0.3 is 0 Å². The molecule has 1 aromatic rings. The van der Waals surface area contributed by atoms with Gasteiger partial charge in [0.15, 0.2) is 0 Å². The molecule has 0 fully saturated rings. The Bertz CT molecular complexity index is 374. The summed E-state index contributed by atoms with van der Waals surface area (Å²) in [6.07, 6.45) is 7.21. The Morgan fingerprint density at radius 1 is 1.26 bits per heavy atom. The Morgan fingerprint density at radius 2 is 2.00 bits per heavy atom. The van der Waals surface area contributed by atoms with Crippen LogP contribution in [0.5, 0.6) is 0 Å². The van der Waals surface area contributed by atoms with Gasteiger partial charge in [0.1, 0.15) is 0 Å². The second-order valence-electron chi connectivity index (χ2n) is 5.14. The van der Waals surface area contributed by atoms with E-state index >= 15 is 0 Å². The summed E-state index contributed by atoms with van der Waals surface area (Å²) in [6.45, 7) is 7.63. The Morgan fingerprint density at radius 3 is 2.53 bits per heavy atom. The summed E-state index contributed by atoms with van der Waals surface area (Å²) in [4.78, 5) is 0. The van der Waals surface area contributed by atoms with Gasteiger partial charge in [0.25, 0.3) is 0 Å². The first-order valence-corrected chi connectivity index (χ1v) is 8.36. The number of aromatic nitrogens is 2. The molecule has 0 aliphatic heterocycles. The van der Waals surface area contributed by atoms with E-state index in [1.807, 2.05) is 11.7 Å². The summed E-state index contributed by atoms with van der Waals surface area (Å²) in [6, 6.07) is 0.563. The molecule has 1 unspecified atom stereocenters. The Hall–Kier alpha value is -0.350. The third kappa shape index (κ3) is 4.92. The van der Waals surface area contributed by atoms with Gasteiger partial charge in [0, 0.05) is 19.5 Å². The largest absolute Gasteiger partial charge is 0.314 e. The summed E-state index contributed by atoms with van der Waals surface area (Å²) < 4.78 is 3.24. The van der Waals surface area contributed by atoms with Gasteiger partial charge < -0.3 is 5.32 Å². The fraction of sp³-hybridized carbons (Fsp3) is 0.800. The van der Waals surface area contributed by atoms with E-state index in [4.69, 9.17) is 0 Å². The molecule has 0 aliphatic rings. The van der Waals surface area contributed by atoms with Crippen molar-refractivity contribution in [3.63, 3.8) is 0 Å². The highest BCUT2D eigenvalue weighted by Gasteiger charge is 2.16. The number of rotatable bonds is 9. The lowest BCUT2D eigenvalue weighted by atomic mass is 10.0. The molecule has 0 bridgehead atoms. The van der Waals surface area contributed by atoms with Crippen molar-refractivity contribution < 1.29 is 0 Å². The van der Waals surface area contributed by atoms with Gasteiger partial charge in [-0.1, -0.05) is 40.0 Å². The average Bonchev–Trinajstić information content (AvgIpc) is 2.66. The van der Waals surface area contributed by atoms with Crippen molar-refractivity contribution in [3.05, 3.63) is 15.9 Å². The molecule has 4 heteroatoms. The smallest absolute Gasteiger partial charge is 0.0766 e. The minimum absolute atomic E-state index is 0.563. The molecule has 3 nitrogen and oxygen atoms in total. The molecule has 110 valence electrons. The SMILES string of the molecule is CCCCCC(Cc1c(Br)c(CC)nn1C)NCC. The quantitative estimate of drug-likeness (QED) is 0.697. The van der Waals surface area contributed by atoms with E-state index in [1.165, 1.54) is 41.5 Å². The van der Waals surface area contributed by atoms with E-state index in [-0.39, 0.29) is 0 Å². The van der Waals surface area contributed by atoms with Crippen molar-refractivity contribution in [2.45, 2.75) is 65.3 Å². The van der Waals surface area contributed by atoms with Crippen LogP contribution in [0.2, 0.25) is 0 Å². The van der Waals surface area contributed by atoms with Crippen LogP contribution in [-0.4, -0.2) is 22.4 Å². The Labute approximate surface area is 126 Å². The van der Waals surface area contributed by atoms with Gasteiger partial charge in [-0.3, -0.25) is 4.68 Å². The highest BCUT2D eigenvalue weighted by Crippen LogP contribution is 2.23. The number of halogens is 1. The number of nitrogens with one attached hydrogen (secondary N) is 1. The first-order chi connectivity index (χ1) is 9.13. The van der Waals surface area contributed by atoms with Crippen LogP contribution in [0.25, 0.3) is 0 Å². The monoisotopic (exact) mass is 329 g/mol. The zero-order valence-corrected chi connectivity index (χ0v) is 14.4. The maximum atomic E-state index is 4.58. The van der Waals surface area contributed by atoms with E-state index in [0.717, 1.165) is 19.4 Å². The third-order valence-corrected chi connectivity index (χ3v) is 4.51. The molecule has 1 N–H and O–H groups in total. The van der Waals surface area contributed by atoms with Gasteiger partial charge in [0.05, 0.1) is 15.9 Å². The van der Waals surface area contributed by atoms with Crippen LogP contribution < -0.4 is 5.32 Å². The van der Waals surface area contributed by atoms with E-state index in [0.29, 0.717) is 6.04 Å². The Kier molecular flexibility index (Phi) is 7.69. The molecule has 0 aliphatic carbocycles. The summed E-state index contributed by atoms with van der Waals surface area (Å²) >= 11 is 3.71. The van der Waals surface area contributed by atoms with Crippen LogP contribution in [-0.2, 0) is 19.9 Å². The second kappa shape index (κ2) is 8.75. The predicted molar refractivity (Wildman–Crippen MR) is 85.6 cm³/mol. The first-order valence-electron chi connectivity index (χ1n) is 7.57. The summed E-state index contributed by atoms with van der Waals surface area (Å²) in [5.74, 6) is 0. The van der Waals surface area contributed by atoms with Crippen LogP contribution in [0.1, 0.15) is 57.8 Å². The number of nitrogens with zero attached hydrogens (tertiary/aromatic N) is 2. The summed E-state index contributed by atoms with van der Waals surface area (Å²) in [7, 11) is 2.05. The van der Waals surface area contributed by atoms with Crippen molar-refractivity contribution in [1.82, 2.24) is 15.1 Å². The summed E-state index contributed by atoms with van der Waals surface area (Å²) in [5, 5.41) is 8.19. The standard InChI is InChI=1S/C15H28BrN3/c1-5-8-9-10-12(17-7-3)11-14-15(16)13(6-2)18-19(14)4/h12,17H,5-11H2,1-4H3. The highest BCUT2D eigenvalue weighted by molar-refractivity contribution is 9.10. The molecule has 0 radical (unpaired) electrons. The first kappa shape index (κ1) is 16.7. The number of aryl methyl sites for hydroxylation is 2. The minimum atomic E-state index is 0.563. The van der Waals surface area contributed by atoms with Gasteiger partial charge in [-0.2, -0.15) is 5.10 Å². The number of likely N-dealkylation sites (N-methyl/N-ethyl adjacent to an activating group) is 1. The van der Waals surface area contributed by atoms with E-state index in [2.05, 4.69) is 47.1 Å². The molecule has 0 aromatic carbocycles. The topological polar surface area (TPSA) is 29.9 Å². The van der Waals surface area contributed by atoms with Crippen LogP contribution in [0.15, 0.2) is 4.47 Å². The fourth-order valence-corrected chi connectivity index (χ4v) is 3.26. The minimum Gasteiger partial charge on any atom is -0.314 e. The zero-order valence-electron chi connectivity index (χ0n) is 12.8. The zero-order chi connectivity index (χ0) is 14.3. The van der Waals surface area contributed by atoms with Gasteiger partial charge in [-0.15, -0.1) is 0 Å². The second-order valence-corrected chi connectivity index (χ2v) is 5.93. The van der Waals surface area contributed by atoms with Crippen molar-refractivity contribution >= 4 is 15.9 Å². The number of hydrogen-bond donors (Lipinski definition) is 1. The lowest BCUT2D eigenvalue weighted by Crippen LogP contribution is -2.31. The maximum absolute atomic E-state index is 4.58. The normalized spacial score (nSPS) is 12.9. The molecule has 19 heavy (non-hydrogen) atoms. The molecule has 0 saturated carbocycles.